The maximum atomic E-state index is 12.0. The van der Waals surface area contributed by atoms with Gasteiger partial charge in [0.25, 0.3) is 0 Å². The van der Waals surface area contributed by atoms with E-state index in [1.54, 1.807) is 6.92 Å². The zero-order valence-corrected chi connectivity index (χ0v) is 10.7. The van der Waals surface area contributed by atoms with Gasteiger partial charge in [-0.3, -0.25) is 9.59 Å². The van der Waals surface area contributed by atoms with Crippen molar-refractivity contribution in [2.24, 2.45) is 22.7 Å². The van der Waals surface area contributed by atoms with Gasteiger partial charge in [-0.2, -0.15) is 0 Å². The zero-order valence-electron chi connectivity index (χ0n) is 10.7. The Morgan fingerprint density at radius 1 is 1.27 bits per heavy atom. The molecule has 2 unspecified atom stereocenters. The molecule has 0 bridgehead atoms. The first-order chi connectivity index (χ1) is 6.57. The fourth-order valence-electron chi connectivity index (χ4n) is 2.03. The summed E-state index contributed by atoms with van der Waals surface area (Å²) < 4.78 is 0. The molecule has 1 aliphatic carbocycles. The van der Waals surface area contributed by atoms with Crippen molar-refractivity contribution >= 4 is 11.6 Å². The summed E-state index contributed by atoms with van der Waals surface area (Å²) in [5.41, 5.74) is -0.280. The second kappa shape index (κ2) is 3.43. The van der Waals surface area contributed by atoms with Crippen LogP contribution in [0.5, 0.6) is 0 Å². The van der Waals surface area contributed by atoms with E-state index in [2.05, 4.69) is 13.8 Å². The normalized spacial score (nSPS) is 25.9. The van der Waals surface area contributed by atoms with Crippen molar-refractivity contribution in [3.8, 4) is 0 Å². The van der Waals surface area contributed by atoms with E-state index in [-0.39, 0.29) is 22.9 Å². The van der Waals surface area contributed by atoms with Crippen LogP contribution in [0.15, 0.2) is 0 Å². The number of carbonyl (C=O) groups is 2. The van der Waals surface area contributed by atoms with Crippen LogP contribution in [0, 0.1) is 22.7 Å². The molecule has 0 aromatic carbocycles. The van der Waals surface area contributed by atoms with Crippen molar-refractivity contribution in [3.05, 3.63) is 0 Å². The van der Waals surface area contributed by atoms with Crippen molar-refractivity contribution in [2.75, 3.05) is 0 Å². The van der Waals surface area contributed by atoms with Gasteiger partial charge in [0.2, 0.25) is 0 Å². The van der Waals surface area contributed by atoms with Gasteiger partial charge in [0.1, 0.15) is 11.6 Å². The average Bonchev–Trinajstić information content (AvgIpc) is 2.69. The molecule has 2 heteroatoms. The van der Waals surface area contributed by atoms with Crippen LogP contribution < -0.4 is 0 Å². The van der Waals surface area contributed by atoms with Gasteiger partial charge in [-0.1, -0.05) is 34.6 Å². The third-order valence-corrected chi connectivity index (χ3v) is 3.42. The number of Topliss-reactive ketones (excluding diaryl/α,β-unsaturated/α-hetero) is 2. The highest BCUT2D eigenvalue weighted by Crippen LogP contribution is 2.53. The molecule has 86 valence electrons. The van der Waals surface area contributed by atoms with Gasteiger partial charge in [-0.15, -0.1) is 0 Å². The van der Waals surface area contributed by atoms with Crippen LogP contribution in [0.1, 0.15) is 48.0 Å². The molecule has 0 saturated heterocycles. The quantitative estimate of drug-likeness (QED) is 0.671. The number of carbonyl (C=O) groups excluding carboxylic acids is 2. The molecule has 1 aliphatic rings. The first-order valence-electron chi connectivity index (χ1n) is 5.65. The van der Waals surface area contributed by atoms with Crippen LogP contribution in [0.3, 0.4) is 0 Å². The lowest BCUT2D eigenvalue weighted by molar-refractivity contribution is -0.137. The van der Waals surface area contributed by atoms with Gasteiger partial charge in [-0.25, -0.2) is 0 Å². The second-order valence-corrected chi connectivity index (χ2v) is 6.48. The van der Waals surface area contributed by atoms with E-state index in [9.17, 15) is 9.59 Å². The topological polar surface area (TPSA) is 34.1 Å². The molecule has 1 fully saturated rings. The highest BCUT2D eigenvalue weighted by molar-refractivity contribution is 6.06. The Kier molecular flexibility index (Phi) is 2.84. The zero-order chi connectivity index (χ0) is 12.0. The average molecular weight is 210 g/mol. The molecule has 0 aromatic heterocycles. The molecule has 0 radical (unpaired) electrons. The van der Waals surface area contributed by atoms with Gasteiger partial charge in [0.15, 0.2) is 0 Å². The van der Waals surface area contributed by atoms with Crippen LogP contribution in [0.2, 0.25) is 0 Å². The summed E-state index contributed by atoms with van der Waals surface area (Å²) in [6.45, 7) is 11.5. The number of hydrogen-bond donors (Lipinski definition) is 0. The maximum absolute atomic E-state index is 12.0. The van der Waals surface area contributed by atoms with E-state index in [0.717, 1.165) is 6.42 Å². The molecule has 1 saturated carbocycles. The Bertz CT molecular complexity index is 294. The molecule has 2 atom stereocenters. The summed E-state index contributed by atoms with van der Waals surface area (Å²) in [4.78, 5) is 23.9. The van der Waals surface area contributed by atoms with E-state index >= 15 is 0 Å². The van der Waals surface area contributed by atoms with Crippen molar-refractivity contribution in [3.63, 3.8) is 0 Å². The van der Waals surface area contributed by atoms with Gasteiger partial charge >= 0.3 is 0 Å². The van der Waals surface area contributed by atoms with Gasteiger partial charge < -0.3 is 0 Å². The fourth-order valence-corrected chi connectivity index (χ4v) is 2.03. The van der Waals surface area contributed by atoms with Crippen LogP contribution in [0.4, 0.5) is 0 Å². The molecule has 0 amide bonds. The van der Waals surface area contributed by atoms with Crippen molar-refractivity contribution < 1.29 is 9.59 Å². The van der Waals surface area contributed by atoms with E-state index < -0.39 is 11.3 Å². The van der Waals surface area contributed by atoms with Gasteiger partial charge in [0.05, 0.1) is 5.92 Å². The van der Waals surface area contributed by atoms with E-state index in [1.807, 2.05) is 20.8 Å². The van der Waals surface area contributed by atoms with Crippen molar-refractivity contribution in [2.45, 2.75) is 48.0 Å². The minimum Gasteiger partial charge on any atom is -0.299 e. The van der Waals surface area contributed by atoms with Crippen molar-refractivity contribution in [1.29, 1.82) is 0 Å². The SMILES string of the molecule is CC(C(=O)C1CC1(C)C)C(=O)C(C)(C)C. The maximum Gasteiger partial charge on any atom is 0.148 e. The van der Waals surface area contributed by atoms with Gasteiger partial charge in [-0.05, 0) is 18.8 Å². The Hall–Kier alpha value is -0.660. The molecule has 0 aliphatic heterocycles. The summed E-state index contributed by atoms with van der Waals surface area (Å²) in [6.07, 6.45) is 0.938. The number of hydrogen-bond acceptors (Lipinski definition) is 2. The van der Waals surface area contributed by atoms with E-state index in [0.29, 0.717) is 0 Å². The second-order valence-electron chi connectivity index (χ2n) is 6.48. The molecular weight excluding hydrogens is 188 g/mol. The molecule has 0 spiro atoms. The molecule has 2 nitrogen and oxygen atoms in total. The Morgan fingerprint density at radius 3 is 1.93 bits per heavy atom. The lowest BCUT2D eigenvalue weighted by atomic mass is 9.80. The number of rotatable bonds is 3. The van der Waals surface area contributed by atoms with Gasteiger partial charge in [0, 0.05) is 11.3 Å². The third kappa shape index (κ3) is 2.47. The number of ketones is 2. The summed E-state index contributed by atoms with van der Waals surface area (Å²) in [7, 11) is 0. The summed E-state index contributed by atoms with van der Waals surface area (Å²) in [6, 6.07) is 0. The monoisotopic (exact) mass is 210 g/mol. The predicted molar refractivity (Wildman–Crippen MR) is 60.5 cm³/mol. The minimum absolute atomic E-state index is 0.0650. The Morgan fingerprint density at radius 2 is 1.67 bits per heavy atom. The smallest absolute Gasteiger partial charge is 0.148 e. The summed E-state index contributed by atoms with van der Waals surface area (Å²) >= 11 is 0. The lowest BCUT2D eigenvalue weighted by Gasteiger charge is -2.21. The Balaban J connectivity index is 2.67. The highest BCUT2D eigenvalue weighted by Gasteiger charge is 2.52. The van der Waals surface area contributed by atoms with Crippen LogP contribution in [-0.2, 0) is 9.59 Å². The standard InChI is InChI=1S/C13H22O2/c1-8(11(15)12(2,3)4)10(14)9-7-13(9,5)6/h8-9H,7H2,1-6H3. The van der Waals surface area contributed by atoms with Crippen LogP contribution in [0.25, 0.3) is 0 Å². The lowest BCUT2D eigenvalue weighted by Crippen LogP contribution is -2.33. The highest BCUT2D eigenvalue weighted by atomic mass is 16.2. The van der Waals surface area contributed by atoms with E-state index in [4.69, 9.17) is 0 Å². The first-order valence-corrected chi connectivity index (χ1v) is 5.65. The molecule has 0 heterocycles. The molecule has 0 aromatic rings. The minimum atomic E-state index is -0.434. The van der Waals surface area contributed by atoms with E-state index in [1.165, 1.54) is 0 Å². The summed E-state index contributed by atoms with van der Waals surface area (Å²) in [5.74, 6) is -0.120. The first kappa shape index (κ1) is 12.4. The fraction of sp³-hybridized carbons (Fsp3) is 0.846. The molecule has 1 rings (SSSR count). The molecule has 0 N–H and O–H groups in total. The van der Waals surface area contributed by atoms with Crippen LogP contribution >= 0.6 is 0 Å². The largest absolute Gasteiger partial charge is 0.299 e. The molecular formula is C13H22O2. The predicted octanol–water partition coefficient (Wildman–Crippen LogP) is 2.85. The van der Waals surface area contributed by atoms with Crippen molar-refractivity contribution in [1.82, 2.24) is 0 Å². The Labute approximate surface area is 92.4 Å². The van der Waals surface area contributed by atoms with Crippen LogP contribution in [-0.4, -0.2) is 11.6 Å². The molecule has 15 heavy (non-hydrogen) atoms. The third-order valence-electron chi connectivity index (χ3n) is 3.42. The summed E-state index contributed by atoms with van der Waals surface area (Å²) in [5, 5.41) is 0.